The summed E-state index contributed by atoms with van der Waals surface area (Å²) in [6, 6.07) is 20.8. The first-order valence-electron chi connectivity index (χ1n) is 13.9. The molecule has 3 rings (SSSR count). The molecule has 192 valence electrons. The molecule has 0 fully saturated rings. The molecule has 0 aliphatic heterocycles. The second kappa shape index (κ2) is 11.6. The standard InChI is InChI=1S/C35H46O/c1-9-28-14-16-30(17-15-28)33-26(7)23-32(24-27(33)8)35(12-4,13-5)31-19-18-29(25(6)22-31)20-21-34(36,10-2)11-3/h14-24,36H,9-13H2,1-8H3/b21-20+. The van der Waals surface area contributed by atoms with Gasteiger partial charge in [0.05, 0.1) is 5.60 Å². The third-order valence-corrected chi connectivity index (χ3v) is 8.56. The molecule has 0 amide bonds. The highest BCUT2D eigenvalue weighted by molar-refractivity contribution is 5.72. The molecule has 0 unspecified atom stereocenters. The molecule has 1 nitrogen and oxygen atoms in total. The van der Waals surface area contributed by atoms with Gasteiger partial charge < -0.3 is 5.11 Å². The number of aryl methyl sites for hydroxylation is 4. The Morgan fingerprint density at radius 3 is 1.69 bits per heavy atom. The van der Waals surface area contributed by atoms with Crippen LogP contribution in [0.3, 0.4) is 0 Å². The quantitative estimate of drug-likeness (QED) is 0.305. The van der Waals surface area contributed by atoms with E-state index in [-0.39, 0.29) is 5.41 Å². The van der Waals surface area contributed by atoms with Gasteiger partial charge in [-0.25, -0.2) is 0 Å². The Kier molecular flexibility index (Phi) is 9.01. The van der Waals surface area contributed by atoms with Crippen molar-refractivity contribution in [3.8, 4) is 11.1 Å². The van der Waals surface area contributed by atoms with Crippen molar-refractivity contribution in [3.05, 3.63) is 99.6 Å². The van der Waals surface area contributed by atoms with Crippen molar-refractivity contribution in [3.63, 3.8) is 0 Å². The Bertz CT molecular complexity index is 1160. The summed E-state index contributed by atoms with van der Waals surface area (Å²) in [4.78, 5) is 0. The van der Waals surface area contributed by atoms with E-state index in [0.29, 0.717) is 0 Å². The van der Waals surface area contributed by atoms with Gasteiger partial charge in [0, 0.05) is 5.41 Å². The van der Waals surface area contributed by atoms with Crippen LogP contribution >= 0.6 is 0 Å². The first-order valence-corrected chi connectivity index (χ1v) is 13.9. The number of aliphatic hydroxyl groups is 1. The van der Waals surface area contributed by atoms with Crippen LogP contribution < -0.4 is 0 Å². The molecule has 3 aromatic carbocycles. The zero-order valence-electron chi connectivity index (χ0n) is 23.8. The smallest absolute Gasteiger partial charge is 0.0825 e. The lowest BCUT2D eigenvalue weighted by atomic mass is 9.69. The van der Waals surface area contributed by atoms with Crippen LogP contribution in [0.2, 0.25) is 0 Å². The number of rotatable bonds is 10. The van der Waals surface area contributed by atoms with Crippen LogP contribution in [-0.2, 0) is 11.8 Å². The van der Waals surface area contributed by atoms with Crippen LogP contribution in [0.1, 0.15) is 99.2 Å². The summed E-state index contributed by atoms with van der Waals surface area (Å²) in [5, 5.41) is 10.7. The van der Waals surface area contributed by atoms with Gasteiger partial charge in [0.15, 0.2) is 0 Å². The van der Waals surface area contributed by atoms with E-state index in [1.807, 2.05) is 19.9 Å². The van der Waals surface area contributed by atoms with Crippen LogP contribution in [-0.4, -0.2) is 10.7 Å². The molecule has 0 spiro atoms. The van der Waals surface area contributed by atoms with Gasteiger partial charge >= 0.3 is 0 Å². The highest BCUT2D eigenvalue weighted by Crippen LogP contribution is 2.42. The maximum atomic E-state index is 10.7. The number of hydrogen-bond donors (Lipinski definition) is 1. The fourth-order valence-electron chi connectivity index (χ4n) is 5.73. The fourth-order valence-corrected chi connectivity index (χ4v) is 5.73. The monoisotopic (exact) mass is 482 g/mol. The lowest BCUT2D eigenvalue weighted by Gasteiger charge is -2.35. The van der Waals surface area contributed by atoms with Crippen LogP contribution in [0.4, 0.5) is 0 Å². The molecule has 0 aliphatic rings. The van der Waals surface area contributed by atoms with Crippen LogP contribution in [0.25, 0.3) is 17.2 Å². The van der Waals surface area contributed by atoms with Gasteiger partial charge in [0.1, 0.15) is 0 Å². The molecular weight excluding hydrogens is 436 g/mol. The third kappa shape index (κ3) is 5.52. The molecule has 0 heterocycles. The van der Waals surface area contributed by atoms with Crippen molar-refractivity contribution >= 4 is 6.08 Å². The molecule has 0 radical (unpaired) electrons. The summed E-state index contributed by atoms with van der Waals surface area (Å²) < 4.78 is 0. The van der Waals surface area contributed by atoms with E-state index in [4.69, 9.17) is 0 Å². The molecular formula is C35H46O. The van der Waals surface area contributed by atoms with Crippen molar-refractivity contribution in [1.29, 1.82) is 0 Å². The SMILES string of the molecule is CCc1ccc(-c2c(C)cc(C(CC)(CC)c3ccc(/C=C/C(O)(CC)CC)c(C)c3)cc2C)cc1. The van der Waals surface area contributed by atoms with Gasteiger partial charge in [0.25, 0.3) is 0 Å². The second-order valence-electron chi connectivity index (χ2n) is 10.5. The molecule has 1 N–H and O–H groups in total. The van der Waals surface area contributed by atoms with Crippen LogP contribution in [0, 0.1) is 20.8 Å². The molecule has 3 aromatic rings. The predicted molar refractivity (Wildman–Crippen MR) is 158 cm³/mol. The largest absolute Gasteiger partial charge is 0.386 e. The third-order valence-electron chi connectivity index (χ3n) is 8.56. The van der Waals surface area contributed by atoms with Gasteiger partial charge in [-0.15, -0.1) is 0 Å². The maximum Gasteiger partial charge on any atom is 0.0825 e. The molecule has 0 aromatic heterocycles. The molecule has 0 aliphatic carbocycles. The van der Waals surface area contributed by atoms with E-state index in [0.717, 1.165) is 32.1 Å². The van der Waals surface area contributed by atoms with Crippen LogP contribution in [0.5, 0.6) is 0 Å². The summed E-state index contributed by atoms with van der Waals surface area (Å²) in [6.07, 6.45) is 8.68. The van der Waals surface area contributed by atoms with Crippen molar-refractivity contribution < 1.29 is 5.11 Å². The Morgan fingerprint density at radius 2 is 1.22 bits per heavy atom. The zero-order valence-corrected chi connectivity index (χ0v) is 23.8. The summed E-state index contributed by atoms with van der Waals surface area (Å²) in [5.74, 6) is 0. The zero-order chi connectivity index (χ0) is 26.5. The highest BCUT2D eigenvalue weighted by Gasteiger charge is 2.32. The lowest BCUT2D eigenvalue weighted by molar-refractivity contribution is 0.0836. The lowest BCUT2D eigenvalue weighted by Crippen LogP contribution is -2.26. The molecule has 1 heteroatoms. The first kappa shape index (κ1) is 27.9. The van der Waals surface area contributed by atoms with E-state index in [1.165, 1.54) is 50.1 Å². The summed E-state index contributed by atoms with van der Waals surface area (Å²) >= 11 is 0. The Hall–Kier alpha value is -2.64. The van der Waals surface area contributed by atoms with Crippen LogP contribution in [0.15, 0.2) is 60.7 Å². The first-order chi connectivity index (χ1) is 17.2. The van der Waals surface area contributed by atoms with E-state index in [9.17, 15) is 5.11 Å². The normalized spacial score (nSPS) is 12.5. The predicted octanol–water partition coefficient (Wildman–Crippen LogP) is 9.51. The van der Waals surface area contributed by atoms with E-state index in [1.54, 1.807) is 0 Å². The highest BCUT2D eigenvalue weighted by atomic mass is 16.3. The van der Waals surface area contributed by atoms with E-state index >= 15 is 0 Å². The summed E-state index contributed by atoms with van der Waals surface area (Å²) in [6.45, 7) is 17.6. The van der Waals surface area contributed by atoms with Gasteiger partial charge in [-0.2, -0.15) is 0 Å². The summed E-state index contributed by atoms with van der Waals surface area (Å²) in [7, 11) is 0. The van der Waals surface area contributed by atoms with E-state index in [2.05, 4.69) is 102 Å². The average Bonchev–Trinajstić information content (AvgIpc) is 2.89. The average molecular weight is 483 g/mol. The molecule has 0 bridgehead atoms. The minimum atomic E-state index is -0.727. The Labute approximate surface area is 220 Å². The minimum Gasteiger partial charge on any atom is -0.386 e. The minimum absolute atomic E-state index is 0.0271. The van der Waals surface area contributed by atoms with Gasteiger partial charge in [-0.3, -0.25) is 0 Å². The van der Waals surface area contributed by atoms with Gasteiger partial charge in [0.2, 0.25) is 0 Å². The Morgan fingerprint density at radius 1 is 0.667 bits per heavy atom. The molecule has 0 saturated carbocycles. The van der Waals surface area contributed by atoms with Gasteiger partial charge in [-0.1, -0.05) is 101 Å². The number of benzene rings is 3. The van der Waals surface area contributed by atoms with Gasteiger partial charge in [-0.05, 0) is 103 Å². The van der Waals surface area contributed by atoms with Crippen molar-refractivity contribution in [2.75, 3.05) is 0 Å². The molecule has 0 atom stereocenters. The fraction of sp³-hybridized carbons (Fsp3) is 0.429. The van der Waals surface area contributed by atoms with Crippen molar-refractivity contribution in [1.82, 2.24) is 0 Å². The summed E-state index contributed by atoms with van der Waals surface area (Å²) in [5.41, 5.74) is 11.2. The van der Waals surface area contributed by atoms with E-state index < -0.39 is 5.60 Å². The van der Waals surface area contributed by atoms with Crippen molar-refractivity contribution in [2.45, 2.75) is 98.5 Å². The van der Waals surface area contributed by atoms with Crippen molar-refractivity contribution in [2.24, 2.45) is 0 Å². The second-order valence-corrected chi connectivity index (χ2v) is 10.5. The molecule has 0 saturated heterocycles. The maximum absolute atomic E-state index is 10.7. The number of hydrogen-bond acceptors (Lipinski definition) is 1. The topological polar surface area (TPSA) is 20.2 Å². The Balaban J connectivity index is 2.05. The molecule has 36 heavy (non-hydrogen) atoms.